The number of hydrogen-bond acceptors (Lipinski definition) is 5. The van der Waals surface area contributed by atoms with E-state index in [0.29, 0.717) is 24.0 Å². The first kappa shape index (κ1) is 15.9. The van der Waals surface area contributed by atoms with Crippen molar-refractivity contribution in [2.24, 2.45) is 0 Å². The SMILES string of the molecule is C=C/C=C(/COC(C)=O)C1=CC(OC(C)=O)CCC1=O. The molecule has 0 saturated carbocycles. The Bertz CT molecular complexity index is 484. The Morgan fingerprint density at radius 1 is 1.40 bits per heavy atom. The molecule has 0 aromatic carbocycles. The zero-order valence-corrected chi connectivity index (χ0v) is 11.7. The predicted octanol–water partition coefficient (Wildman–Crippen LogP) is 1.88. The maximum Gasteiger partial charge on any atom is 0.303 e. The van der Waals surface area contributed by atoms with Crippen molar-refractivity contribution in [3.63, 3.8) is 0 Å². The van der Waals surface area contributed by atoms with E-state index in [2.05, 4.69) is 6.58 Å². The van der Waals surface area contributed by atoms with Gasteiger partial charge >= 0.3 is 11.9 Å². The number of esters is 2. The van der Waals surface area contributed by atoms with Crippen LogP contribution in [0.25, 0.3) is 0 Å². The average Bonchev–Trinajstić information content (AvgIpc) is 2.36. The Balaban J connectivity index is 2.95. The lowest BCUT2D eigenvalue weighted by molar-refractivity contribution is -0.145. The van der Waals surface area contributed by atoms with Crippen LogP contribution in [0.3, 0.4) is 0 Å². The molecule has 5 nitrogen and oxygen atoms in total. The first-order chi connectivity index (χ1) is 9.43. The van der Waals surface area contributed by atoms with Crippen molar-refractivity contribution in [3.8, 4) is 0 Å². The molecule has 0 amide bonds. The first-order valence-corrected chi connectivity index (χ1v) is 6.31. The minimum Gasteiger partial charge on any atom is -0.461 e. The van der Waals surface area contributed by atoms with E-state index < -0.39 is 18.0 Å². The number of Topliss-reactive ketones (excluding diaryl/α,β-unsaturated/α-hetero) is 1. The molecule has 1 atom stereocenters. The van der Waals surface area contributed by atoms with Crippen molar-refractivity contribution < 1.29 is 23.9 Å². The summed E-state index contributed by atoms with van der Waals surface area (Å²) < 4.78 is 10.0. The fraction of sp³-hybridized carbons (Fsp3) is 0.400. The van der Waals surface area contributed by atoms with Crippen molar-refractivity contribution in [1.82, 2.24) is 0 Å². The fourth-order valence-electron chi connectivity index (χ4n) is 1.90. The second-order valence-electron chi connectivity index (χ2n) is 4.40. The van der Waals surface area contributed by atoms with Crippen LogP contribution in [0.2, 0.25) is 0 Å². The summed E-state index contributed by atoms with van der Waals surface area (Å²) in [6, 6.07) is 0. The van der Waals surface area contributed by atoms with Crippen LogP contribution >= 0.6 is 0 Å². The number of carbonyl (C=O) groups excluding carboxylic acids is 3. The molecular weight excluding hydrogens is 260 g/mol. The predicted molar refractivity (Wildman–Crippen MR) is 72.8 cm³/mol. The third-order valence-corrected chi connectivity index (χ3v) is 2.72. The zero-order valence-electron chi connectivity index (χ0n) is 11.7. The molecule has 108 valence electrons. The molecule has 20 heavy (non-hydrogen) atoms. The molecule has 0 aromatic rings. The van der Waals surface area contributed by atoms with Gasteiger partial charge in [-0.05, 0) is 18.1 Å². The van der Waals surface area contributed by atoms with Gasteiger partial charge in [-0.25, -0.2) is 0 Å². The summed E-state index contributed by atoms with van der Waals surface area (Å²) in [7, 11) is 0. The third-order valence-electron chi connectivity index (χ3n) is 2.72. The molecule has 5 heteroatoms. The minimum atomic E-state index is -0.430. The van der Waals surface area contributed by atoms with Crippen LogP contribution in [-0.2, 0) is 23.9 Å². The average molecular weight is 278 g/mol. The Labute approximate surface area is 117 Å². The van der Waals surface area contributed by atoms with Crippen molar-refractivity contribution >= 4 is 17.7 Å². The lowest BCUT2D eigenvalue weighted by atomic mass is 9.90. The molecule has 0 aliphatic heterocycles. The third kappa shape index (κ3) is 4.84. The smallest absolute Gasteiger partial charge is 0.303 e. The maximum atomic E-state index is 12.0. The van der Waals surface area contributed by atoms with E-state index in [1.165, 1.54) is 19.9 Å². The number of rotatable bonds is 5. The van der Waals surface area contributed by atoms with Gasteiger partial charge in [0.25, 0.3) is 0 Å². The molecule has 0 aromatic heterocycles. The minimum absolute atomic E-state index is 0.00822. The van der Waals surface area contributed by atoms with E-state index in [9.17, 15) is 14.4 Å². The van der Waals surface area contributed by atoms with Gasteiger partial charge in [-0.1, -0.05) is 18.7 Å². The molecule has 1 unspecified atom stereocenters. The van der Waals surface area contributed by atoms with Gasteiger partial charge in [0.1, 0.15) is 12.7 Å². The number of carbonyl (C=O) groups is 3. The van der Waals surface area contributed by atoms with Gasteiger partial charge in [0.05, 0.1) is 0 Å². The molecule has 0 saturated heterocycles. The Kier molecular flexibility index (Phi) is 5.90. The van der Waals surface area contributed by atoms with Crippen LogP contribution in [0.4, 0.5) is 0 Å². The van der Waals surface area contributed by atoms with Crippen molar-refractivity contribution in [2.75, 3.05) is 6.61 Å². The molecule has 0 bridgehead atoms. The van der Waals surface area contributed by atoms with E-state index >= 15 is 0 Å². The summed E-state index contributed by atoms with van der Waals surface area (Å²) in [6.07, 6.45) is 5.07. The summed E-state index contributed by atoms with van der Waals surface area (Å²) in [4.78, 5) is 33.8. The molecule has 1 aliphatic rings. The van der Waals surface area contributed by atoms with Gasteiger partial charge < -0.3 is 9.47 Å². The molecule has 1 aliphatic carbocycles. The Hall–Kier alpha value is -2.17. The second kappa shape index (κ2) is 7.43. The molecule has 0 heterocycles. The number of ether oxygens (including phenoxy) is 2. The second-order valence-corrected chi connectivity index (χ2v) is 4.40. The van der Waals surface area contributed by atoms with Gasteiger partial charge in [-0.2, -0.15) is 0 Å². The van der Waals surface area contributed by atoms with Crippen molar-refractivity contribution in [2.45, 2.75) is 32.8 Å². The van der Waals surface area contributed by atoms with E-state index in [0.717, 1.165) is 0 Å². The molecule has 0 radical (unpaired) electrons. The lowest BCUT2D eigenvalue weighted by Gasteiger charge is -2.21. The molecule has 0 spiro atoms. The van der Waals surface area contributed by atoms with E-state index in [1.807, 2.05) is 0 Å². The number of hydrogen-bond donors (Lipinski definition) is 0. The molecular formula is C15H18O5. The highest BCUT2D eigenvalue weighted by molar-refractivity contribution is 6.00. The van der Waals surface area contributed by atoms with Crippen molar-refractivity contribution in [3.05, 3.63) is 36.0 Å². The number of allylic oxidation sites excluding steroid dienone is 2. The highest BCUT2D eigenvalue weighted by Gasteiger charge is 2.24. The molecule has 1 rings (SSSR count). The summed E-state index contributed by atoms with van der Waals surface area (Å²) >= 11 is 0. The lowest BCUT2D eigenvalue weighted by Crippen LogP contribution is -2.24. The van der Waals surface area contributed by atoms with Crippen LogP contribution in [0.1, 0.15) is 26.7 Å². The van der Waals surface area contributed by atoms with Crippen LogP contribution in [-0.4, -0.2) is 30.4 Å². The highest BCUT2D eigenvalue weighted by atomic mass is 16.5. The van der Waals surface area contributed by atoms with Gasteiger partial charge in [0.2, 0.25) is 0 Å². The van der Waals surface area contributed by atoms with Crippen LogP contribution in [0.5, 0.6) is 0 Å². The maximum absolute atomic E-state index is 12.0. The van der Waals surface area contributed by atoms with Crippen LogP contribution in [0.15, 0.2) is 36.0 Å². The molecule has 0 fully saturated rings. The first-order valence-electron chi connectivity index (χ1n) is 6.31. The fourth-order valence-corrected chi connectivity index (χ4v) is 1.90. The number of ketones is 1. The van der Waals surface area contributed by atoms with Gasteiger partial charge in [-0.15, -0.1) is 0 Å². The van der Waals surface area contributed by atoms with Crippen molar-refractivity contribution in [1.29, 1.82) is 0 Å². The normalized spacial score (nSPS) is 19.1. The zero-order chi connectivity index (χ0) is 15.1. The van der Waals surface area contributed by atoms with Gasteiger partial charge in [0, 0.05) is 25.8 Å². The summed E-state index contributed by atoms with van der Waals surface area (Å²) in [6.45, 7) is 6.18. The van der Waals surface area contributed by atoms with E-state index in [-0.39, 0.29) is 12.4 Å². The topological polar surface area (TPSA) is 69.7 Å². The standard InChI is InChI=1S/C15H18O5/c1-4-5-12(9-19-10(2)16)14-8-13(20-11(3)17)6-7-15(14)18/h4-5,8,13H,1,6-7,9H2,2-3H3/b12-5-. The van der Waals surface area contributed by atoms with Gasteiger partial charge in [-0.3, -0.25) is 14.4 Å². The summed E-state index contributed by atoms with van der Waals surface area (Å²) in [5.74, 6) is -0.886. The van der Waals surface area contributed by atoms with Gasteiger partial charge in [0.15, 0.2) is 5.78 Å². The quantitative estimate of drug-likeness (QED) is 0.567. The van der Waals surface area contributed by atoms with E-state index in [4.69, 9.17) is 9.47 Å². The van der Waals surface area contributed by atoms with Crippen LogP contribution in [0, 0.1) is 0 Å². The summed E-state index contributed by atoms with van der Waals surface area (Å²) in [5.41, 5.74) is 0.973. The largest absolute Gasteiger partial charge is 0.461 e. The van der Waals surface area contributed by atoms with Crippen LogP contribution < -0.4 is 0 Å². The monoisotopic (exact) mass is 278 g/mol. The highest BCUT2D eigenvalue weighted by Crippen LogP contribution is 2.23. The Morgan fingerprint density at radius 2 is 2.10 bits per heavy atom. The Morgan fingerprint density at radius 3 is 2.65 bits per heavy atom. The van der Waals surface area contributed by atoms with E-state index in [1.54, 1.807) is 12.2 Å². The molecule has 0 N–H and O–H groups in total. The summed E-state index contributed by atoms with van der Waals surface area (Å²) in [5, 5.41) is 0.